The molecule has 128 valence electrons. The molecule has 3 nitrogen and oxygen atoms in total. The van der Waals surface area contributed by atoms with Crippen LogP contribution in [0.2, 0.25) is 5.02 Å². The number of amides is 1. The van der Waals surface area contributed by atoms with Crippen molar-refractivity contribution in [2.24, 2.45) is 0 Å². The molecule has 0 saturated carbocycles. The molecule has 0 aliphatic rings. The van der Waals surface area contributed by atoms with Gasteiger partial charge in [-0.1, -0.05) is 23.7 Å². The third-order valence-electron chi connectivity index (χ3n) is 3.65. The zero-order valence-corrected chi connectivity index (χ0v) is 13.9. The number of hydrogen-bond acceptors (Lipinski definition) is 2. The molecular weight excluding hydrogens is 341 g/mol. The van der Waals surface area contributed by atoms with Gasteiger partial charge in [0.2, 0.25) is 5.91 Å². The van der Waals surface area contributed by atoms with Crippen LogP contribution in [0.1, 0.15) is 12.5 Å². The maximum atomic E-state index is 13.6. The summed E-state index contributed by atoms with van der Waals surface area (Å²) in [7, 11) is 1.72. The molecule has 24 heavy (non-hydrogen) atoms. The van der Waals surface area contributed by atoms with Crippen molar-refractivity contribution in [3.8, 4) is 0 Å². The minimum atomic E-state index is -1.62. The van der Waals surface area contributed by atoms with E-state index in [1.54, 1.807) is 37.1 Å². The quantitative estimate of drug-likeness (QED) is 0.814. The van der Waals surface area contributed by atoms with Crippen molar-refractivity contribution in [1.82, 2.24) is 4.90 Å². The molecule has 0 bridgehead atoms. The molecule has 0 aliphatic carbocycles. The van der Waals surface area contributed by atoms with Gasteiger partial charge in [-0.15, -0.1) is 0 Å². The normalized spacial score (nSPS) is 12.3. The van der Waals surface area contributed by atoms with Crippen LogP contribution in [0.4, 0.5) is 18.9 Å². The molecule has 2 aromatic carbocycles. The van der Waals surface area contributed by atoms with Gasteiger partial charge in [0.05, 0.1) is 11.7 Å². The predicted octanol–water partition coefficient (Wildman–Crippen LogP) is 4.22. The van der Waals surface area contributed by atoms with Crippen LogP contribution in [0, 0.1) is 17.5 Å². The number of hydrogen-bond donors (Lipinski definition) is 1. The lowest BCUT2D eigenvalue weighted by atomic mass is 10.2. The van der Waals surface area contributed by atoms with E-state index in [2.05, 4.69) is 5.32 Å². The molecule has 2 aromatic rings. The van der Waals surface area contributed by atoms with Crippen molar-refractivity contribution in [2.75, 3.05) is 12.4 Å². The summed E-state index contributed by atoms with van der Waals surface area (Å²) in [5, 5.41) is 2.85. The summed E-state index contributed by atoms with van der Waals surface area (Å²) >= 11 is 5.92. The molecule has 2 rings (SSSR count). The van der Waals surface area contributed by atoms with Gasteiger partial charge < -0.3 is 5.32 Å². The Morgan fingerprint density at radius 1 is 1.21 bits per heavy atom. The van der Waals surface area contributed by atoms with Gasteiger partial charge in [0.25, 0.3) is 0 Å². The Balaban J connectivity index is 2.05. The van der Waals surface area contributed by atoms with Crippen LogP contribution in [0.3, 0.4) is 0 Å². The number of rotatable bonds is 5. The Kier molecular flexibility index (Phi) is 5.85. The predicted molar refractivity (Wildman–Crippen MR) is 87.3 cm³/mol. The zero-order chi connectivity index (χ0) is 17.9. The average molecular weight is 357 g/mol. The van der Waals surface area contributed by atoms with E-state index in [-0.39, 0.29) is 0 Å². The fourth-order valence-electron chi connectivity index (χ4n) is 2.12. The summed E-state index contributed by atoms with van der Waals surface area (Å²) in [6, 6.07) is 8.29. The first-order valence-electron chi connectivity index (χ1n) is 7.18. The number of likely N-dealkylation sites (N-methyl/N-ethyl adjacent to an activating group) is 1. The van der Waals surface area contributed by atoms with Crippen LogP contribution in [-0.2, 0) is 11.3 Å². The van der Waals surface area contributed by atoms with Gasteiger partial charge in [-0.05, 0) is 43.8 Å². The number of halogens is 4. The van der Waals surface area contributed by atoms with Crippen molar-refractivity contribution < 1.29 is 18.0 Å². The van der Waals surface area contributed by atoms with Crippen molar-refractivity contribution in [3.63, 3.8) is 0 Å². The van der Waals surface area contributed by atoms with Crippen LogP contribution in [0.15, 0.2) is 36.4 Å². The maximum Gasteiger partial charge on any atom is 0.241 e. The first-order chi connectivity index (χ1) is 11.3. The van der Waals surface area contributed by atoms with Crippen LogP contribution in [0.5, 0.6) is 0 Å². The lowest BCUT2D eigenvalue weighted by Crippen LogP contribution is -2.39. The van der Waals surface area contributed by atoms with Gasteiger partial charge in [-0.25, -0.2) is 13.2 Å². The highest BCUT2D eigenvalue weighted by Crippen LogP contribution is 2.20. The molecule has 0 spiro atoms. The molecule has 0 aliphatic heterocycles. The number of carbonyl (C=O) groups is 1. The van der Waals surface area contributed by atoms with E-state index in [1.807, 2.05) is 6.07 Å². The Morgan fingerprint density at radius 3 is 2.58 bits per heavy atom. The van der Waals surface area contributed by atoms with E-state index in [1.165, 1.54) is 0 Å². The van der Waals surface area contributed by atoms with E-state index in [9.17, 15) is 18.0 Å². The van der Waals surface area contributed by atoms with E-state index in [0.29, 0.717) is 11.6 Å². The second-order valence-electron chi connectivity index (χ2n) is 5.43. The van der Waals surface area contributed by atoms with Crippen LogP contribution in [0.25, 0.3) is 0 Å². The summed E-state index contributed by atoms with van der Waals surface area (Å²) in [6.45, 7) is 2.06. The molecule has 0 unspecified atom stereocenters. The van der Waals surface area contributed by atoms with Crippen molar-refractivity contribution >= 4 is 23.2 Å². The first-order valence-corrected chi connectivity index (χ1v) is 7.56. The summed E-state index contributed by atoms with van der Waals surface area (Å²) in [4.78, 5) is 13.9. The van der Waals surface area contributed by atoms with E-state index >= 15 is 0 Å². The molecule has 0 saturated heterocycles. The fourth-order valence-corrected chi connectivity index (χ4v) is 2.33. The largest absolute Gasteiger partial charge is 0.322 e. The van der Waals surface area contributed by atoms with E-state index in [4.69, 9.17) is 11.6 Å². The molecule has 0 fully saturated rings. The lowest BCUT2D eigenvalue weighted by Gasteiger charge is -2.24. The van der Waals surface area contributed by atoms with Gasteiger partial charge in [0.1, 0.15) is 0 Å². The summed E-state index contributed by atoms with van der Waals surface area (Å²) in [5.41, 5.74) is 0.505. The minimum absolute atomic E-state index is 0.401. The number of carbonyl (C=O) groups excluding carboxylic acids is 1. The third kappa shape index (κ3) is 4.27. The molecule has 0 aromatic heterocycles. The van der Waals surface area contributed by atoms with Crippen molar-refractivity contribution in [3.05, 3.63) is 64.4 Å². The standard InChI is InChI=1S/C17H16ClF3N2O/c1-10(23(2)9-11-4-3-5-12(18)8-11)17(24)22-14-7-6-13(19)15(20)16(14)21/h3-8,10H,9H2,1-2H3,(H,22,24)/t10-/m0/s1. The maximum absolute atomic E-state index is 13.6. The monoisotopic (exact) mass is 356 g/mol. The highest BCUT2D eigenvalue weighted by atomic mass is 35.5. The molecule has 0 heterocycles. The summed E-state index contributed by atoms with van der Waals surface area (Å²) in [5.74, 6) is -4.89. The van der Waals surface area contributed by atoms with Gasteiger partial charge >= 0.3 is 0 Å². The number of benzene rings is 2. The average Bonchev–Trinajstić information content (AvgIpc) is 2.54. The topological polar surface area (TPSA) is 32.3 Å². The van der Waals surface area contributed by atoms with E-state index in [0.717, 1.165) is 17.7 Å². The Hall–Kier alpha value is -2.05. The first kappa shape index (κ1) is 18.3. The van der Waals surface area contributed by atoms with Crippen molar-refractivity contribution in [2.45, 2.75) is 19.5 Å². The van der Waals surface area contributed by atoms with Gasteiger partial charge in [-0.3, -0.25) is 9.69 Å². The van der Waals surface area contributed by atoms with Crippen LogP contribution in [-0.4, -0.2) is 23.9 Å². The number of anilines is 1. The number of nitrogens with zero attached hydrogens (tertiary/aromatic N) is 1. The van der Waals surface area contributed by atoms with Crippen LogP contribution < -0.4 is 5.32 Å². The Morgan fingerprint density at radius 2 is 1.92 bits per heavy atom. The smallest absolute Gasteiger partial charge is 0.241 e. The second-order valence-corrected chi connectivity index (χ2v) is 5.87. The molecule has 1 amide bonds. The van der Waals surface area contributed by atoms with Crippen molar-refractivity contribution in [1.29, 1.82) is 0 Å². The highest BCUT2D eigenvalue weighted by Gasteiger charge is 2.21. The van der Waals surface area contributed by atoms with Gasteiger partial charge in [0.15, 0.2) is 17.5 Å². The zero-order valence-electron chi connectivity index (χ0n) is 13.1. The molecule has 7 heteroatoms. The minimum Gasteiger partial charge on any atom is -0.322 e. The molecule has 1 atom stereocenters. The van der Waals surface area contributed by atoms with Crippen LogP contribution >= 0.6 is 11.6 Å². The summed E-state index contributed by atoms with van der Waals surface area (Å²) in [6.07, 6.45) is 0. The molecule has 1 N–H and O–H groups in total. The highest BCUT2D eigenvalue weighted by molar-refractivity contribution is 6.30. The molecular formula is C17H16ClF3N2O. The lowest BCUT2D eigenvalue weighted by molar-refractivity contribution is -0.120. The number of nitrogens with one attached hydrogen (secondary N) is 1. The Labute approximate surface area is 143 Å². The van der Waals surface area contributed by atoms with Gasteiger partial charge in [-0.2, -0.15) is 0 Å². The third-order valence-corrected chi connectivity index (χ3v) is 3.89. The SMILES string of the molecule is C[C@@H](C(=O)Nc1ccc(F)c(F)c1F)N(C)Cc1cccc(Cl)c1. The molecule has 0 radical (unpaired) electrons. The van der Waals surface area contributed by atoms with Gasteiger partial charge in [0, 0.05) is 11.6 Å². The second kappa shape index (κ2) is 7.68. The summed E-state index contributed by atoms with van der Waals surface area (Å²) < 4.78 is 39.7. The van der Waals surface area contributed by atoms with E-state index < -0.39 is 35.1 Å². The fraction of sp³-hybridized carbons (Fsp3) is 0.235. The Bertz CT molecular complexity index is 755.